The Morgan fingerprint density at radius 1 is 1.40 bits per heavy atom. The number of carbonyl (C=O) groups is 2. The number of aryl methyl sites for hydroxylation is 1. The average Bonchev–Trinajstić information content (AvgIpc) is 2.27. The normalized spacial score (nSPS) is 20.5. The summed E-state index contributed by atoms with van der Waals surface area (Å²) in [4.78, 5) is 23.2. The molecule has 78 valence electrons. The zero-order valence-electron chi connectivity index (χ0n) is 8.41. The fourth-order valence-corrected chi connectivity index (χ4v) is 1.66. The minimum Gasteiger partial charge on any atom is -0.325 e. The number of hydrogen-bond acceptors (Lipinski definition) is 3. The summed E-state index contributed by atoms with van der Waals surface area (Å²) in [5.74, 6) is -0.384. The van der Waals surface area contributed by atoms with Crippen LogP contribution >= 0.6 is 0 Å². The lowest BCUT2D eigenvalue weighted by molar-refractivity contribution is -0.116. The van der Waals surface area contributed by atoms with Crippen LogP contribution in [0.3, 0.4) is 0 Å². The van der Waals surface area contributed by atoms with Gasteiger partial charge in [-0.3, -0.25) is 9.59 Å². The molecular weight excluding hydrogens is 192 g/mol. The smallest absolute Gasteiger partial charge is 0.226 e. The third-order valence-corrected chi connectivity index (χ3v) is 2.46. The number of fused-ring (bicyclic) bond motifs is 1. The van der Waals surface area contributed by atoms with Crippen molar-refractivity contribution < 1.29 is 9.59 Å². The third-order valence-electron chi connectivity index (χ3n) is 2.46. The standard InChI is InChI=1S/C11H12N2O2/c1-6-2-3-9-7(4-6)11(15)8(12)5-10(14)13-9/h2-4,8H,5,12H2,1H3,(H,13,14). The van der Waals surface area contributed by atoms with Crippen molar-refractivity contribution in [2.24, 2.45) is 5.73 Å². The predicted molar refractivity (Wildman–Crippen MR) is 56.7 cm³/mol. The largest absolute Gasteiger partial charge is 0.325 e. The van der Waals surface area contributed by atoms with Gasteiger partial charge in [0.25, 0.3) is 0 Å². The van der Waals surface area contributed by atoms with E-state index in [0.29, 0.717) is 11.3 Å². The Hall–Kier alpha value is -1.68. The van der Waals surface area contributed by atoms with Crippen LogP contribution in [-0.4, -0.2) is 17.7 Å². The number of Topliss-reactive ketones (excluding diaryl/α,β-unsaturated/α-hetero) is 1. The van der Waals surface area contributed by atoms with Gasteiger partial charge >= 0.3 is 0 Å². The first-order valence-electron chi connectivity index (χ1n) is 4.78. The van der Waals surface area contributed by atoms with Crippen molar-refractivity contribution in [2.75, 3.05) is 5.32 Å². The molecule has 1 heterocycles. The van der Waals surface area contributed by atoms with Crippen LogP contribution in [0, 0.1) is 6.92 Å². The molecule has 0 aromatic heterocycles. The molecule has 15 heavy (non-hydrogen) atoms. The highest BCUT2D eigenvalue weighted by Gasteiger charge is 2.26. The minimum atomic E-state index is -0.729. The molecule has 4 heteroatoms. The summed E-state index contributed by atoms with van der Waals surface area (Å²) in [5.41, 5.74) is 7.67. The molecule has 1 atom stereocenters. The highest BCUT2D eigenvalue weighted by molar-refractivity contribution is 6.11. The number of anilines is 1. The summed E-state index contributed by atoms with van der Waals surface area (Å²) in [6.07, 6.45) is 0.0482. The number of carbonyl (C=O) groups excluding carboxylic acids is 2. The topological polar surface area (TPSA) is 72.2 Å². The van der Waals surface area contributed by atoms with Crippen molar-refractivity contribution in [2.45, 2.75) is 19.4 Å². The molecule has 4 nitrogen and oxygen atoms in total. The van der Waals surface area contributed by atoms with E-state index >= 15 is 0 Å². The van der Waals surface area contributed by atoms with E-state index in [4.69, 9.17) is 5.73 Å². The van der Waals surface area contributed by atoms with Gasteiger partial charge in [0.1, 0.15) is 0 Å². The molecule has 1 aliphatic heterocycles. The molecule has 0 bridgehead atoms. The lowest BCUT2D eigenvalue weighted by Gasteiger charge is -2.07. The third kappa shape index (κ3) is 1.76. The SMILES string of the molecule is Cc1ccc2c(c1)C(=O)C(N)CC(=O)N2. The van der Waals surface area contributed by atoms with Crippen molar-refractivity contribution >= 4 is 17.4 Å². The molecule has 3 N–H and O–H groups in total. The van der Waals surface area contributed by atoms with Gasteiger partial charge in [0.15, 0.2) is 5.78 Å². The molecule has 0 fully saturated rings. The van der Waals surface area contributed by atoms with E-state index in [1.54, 1.807) is 12.1 Å². The fourth-order valence-electron chi connectivity index (χ4n) is 1.66. The van der Waals surface area contributed by atoms with Crippen LogP contribution in [0.4, 0.5) is 5.69 Å². The lowest BCUT2D eigenvalue weighted by atomic mass is 10.0. The van der Waals surface area contributed by atoms with E-state index in [9.17, 15) is 9.59 Å². The highest BCUT2D eigenvalue weighted by Crippen LogP contribution is 2.22. The van der Waals surface area contributed by atoms with E-state index < -0.39 is 6.04 Å². The Kier molecular flexibility index (Phi) is 2.28. The van der Waals surface area contributed by atoms with Crippen LogP contribution < -0.4 is 11.1 Å². The maximum Gasteiger partial charge on any atom is 0.226 e. The molecule has 0 saturated heterocycles. The fraction of sp³-hybridized carbons (Fsp3) is 0.273. The summed E-state index contributed by atoms with van der Waals surface area (Å²) in [7, 11) is 0. The van der Waals surface area contributed by atoms with Gasteiger partial charge in [0.05, 0.1) is 11.7 Å². The van der Waals surface area contributed by atoms with Gasteiger partial charge in [-0.2, -0.15) is 0 Å². The van der Waals surface area contributed by atoms with E-state index in [1.807, 2.05) is 13.0 Å². The zero-order valence-corrected chi connectivity index (χ0v) is 8.41. The molecule has 0 aliphatic carbocycles. The van der Waals surface area contributed by atoms with E-state index in [2.05, 4.69) is 5.32 Å². The predicted octanol–water partition coefficient (Wildman–Crippen LogP) is 0.847. The van der Waals surface area contributed by atoms with Crippen molar-refractivity contribution in [3.05, 3.63) is 29.3 Å². The van der Waals surface area contributed by atoms with Crippen molar-refractivity contribution in [3.8, 4) is 0 Å². The van der Waals surface area contributed by atoms with Crippen LogP contribution in [0.15, 0.2) is 18.2 Å². The van der Waals surface area contributed by atoms with Gasteiger partial charge in [-0.05, 0) is 19.1 Å². The Bertz CT molecular complexity index is 440. The number of amides is 1. The van der Waals surface area contributed by atoms with Gasteiger partial charge in [-0.1, -0.05) is 11.6 Å². The van der Waals surface area contributed by atoms with E-state index in [1.165, 1.54) is 0 Å². The maximum absolute atomic E-state index is 11.8. The van der Waals surface area contributed by atoms with Gasteiger partial charge in [-0.25, -0.2) is 0 Å². The Balaban J connectivity index is 2.55. The Morgan fingerprint density at radius 2 is 2.13 bits per heavy atom. The summed E-state index contributed by atoms with van der Waals surface area (Å²) in [6.45, 7) is 1.89. The summed E-state index contributed by atoms with van der Waals surface area (Å²) >= 11 is 0. The zero-order chi connectivity index (χ0) is 11.0. The number of nitrogens with two attached hydrogens (primary N) is 1. The van der Waals surface area contributed by atoms with Crippen LogP contribution in [-0.2, 0) is 4.79 Å². The number of ketones is 1. The van der Waals surface area contributed by atoms with Crippen LogP contribution in [0.2, 0.25) is 0 Å². The molecule has 1 aromatic rings. The molecular formula is C11H12N2O2. The minimum absolute atomic E-state index is 0.0482. The second-order valence-corrected chi connectivity index (χ2v) is 3.77. The first-order chi connectivity index (χ1) is 7.08. The summed E-state index contributed by atoms with van der Waals surface area (Å²) in [6, 6.07) is 4.61. The maximum atomic E-state index is 11.8. The monoisotopic (exact) mass is 204 g/mol. The van der Waals surface area contributed by atoms with E-state index in [0.717, 1.165) is 5.56 Å². The lowest BCUT2D eigenvalue weighted by Crippen LogP contribution is -2.31. The van der Waals surface area contributed by atoms with Crippen molar-refractivity contribution in [3.63, 3.8) is 0 Å². The number of nitrogens with one attached hydrogen (secondary N) is 1. The number of benzene rings is 1. The van der Waals surface area contributed by atoms with Crippen LogP contribution in [0.5, 0.6) is 0 Å². The summed E-state index contributed by atoms with van der Waals surface area (Å²) in [5, 5.41) is 2.67. The van der Waals surface area contributed by atoms with Gasteiger partial charge in [0, 0.05) is 12.0 Å². The highest BCUT2D eigenvalue weighted by atomic mass is 16.2. The summed E-state index contributed by atoms with van der Waals surface area (Å²) < 4.78 is 0. The second-order valence-electron chi connectivity index (χ2n) is 3.77. The average molecular weight is 204 g/mol. The van der Waals surface area contributed by atoms with E-state index in [-0.39, 0.29) is 18.1 Å². The quantitative estimate of drug-likeness (QED) is 0.658. The number of hydrogen-bond donors (Lipinski definition) is 2. The molecule has 1 aliphatic rings. The van der Waals surface area contributed by atoms with Crippen molar-refractivity contribution in [1.29, 1.82) is 0 Å². The first kappa shape index (κ1) is 9.86. The molecule has 0 spiro atoms. The van der Waals surface area contributed by atoms with Crippen LogP contribution in [0.1, 0.15) is 22.3 Å². The molecule has 2 rings (SSSR count). The van der Waals surface area contributed by atoms with Gasteiger partial charge < -0.3 is 11.1 Å². The molecule has 1 aromatic carbocycles. The van der Waals surface area contributed by atoms with Gasteiger partial charge in [0.2, 0.25) is 5.91 Å². The first-order valence-corrected chi connectivity index (χ1v) is 4.78. The second kappa shape index (κ2) is 3.47. The molecule has 1 amide bonds. The van der Waals surface area contributed by atoms with Crippen molar-refractivity contribution in [1.82, 2.24) is 0 Å². The van der Waals surface area contributed by atoms with Gasteiger partial charge in [-0.15, -0.1) is 0 Å². The number of rotatable bonds is 0. The molecule has 0 saturated carbocycles. The Morgan fingerprint density at radius 3 is 2.87 bits per heavy atom. The van der Waals surface area contributed by atoms with Crippen LogP contribution in [0.25, 0.3) is 0 Å². The Labute approximate surface area is 87.5 Å². The molecule has 1 unspecified atom stereocenters. The molecule has 0 radical (unpaired) electrons.